The Kier molecular flexibility index (Phi) is 8.53. The van der Waals surface area contributed by atoms with Gasteiger partial charge in [-0.3, -0.25) is 9.59 Å². The molecule has 0 unspecified atom stereocenters. The van der Waals surface area contributed by atoms with Crippen molar-refractivity contribution in [3.05, 3.63) is 35.0 Å². The first kappa shape index (κ1) is 22.0. The smallest absolute Gasteiger partial charge is 0.305 e. The summed E-state index contributed by atoms with van der Waals surface area (Å²) in [5, 5.41) is 3.85. The molecule has 0 aliphatic heterocycles. The highest BCUT2D eigenvalue weighted by Gasteiger charge is 2.14. The summed E-state index contributed by atoms with van der Waals surface area (Å²) in [6.45, 7) is 2.40. The molecule has 0 fully saturated rings. The van der Waals surface area contributed by atoms with Crippen LogP contribution in [0.4, 0.5) is 5.82 Å². The SMILES string of the molecule is CCc1nc(SCC(=O)NCCCC(=O)OC)nc(N)c1-c1ccc(Cl)cc1. The first-order chi connectivity index (χ1) is 13.4. The summed E-state index contributed by atoms with van der Waals surface area (Å²) < 4.78 is 4.55. The molecule has 0 spiro atoms. The van der Waals surface area contributed by atoms with E-state index in [0.717, 1.165) is 16.8 Å². The molecule has 2 aromatic rings. The molecule has 3 N–H and O–H groups in total. The van der Waals surface area contributed by atoms with Gasteiger partial charge in [0.15, 0.2) is 5.16 Å². The third-order valence-corrected chi connectivity index (χ3v) is 5.00. The summed E-state index contributed by atoms with van der Waals surface area (Å²) in [4.78, 5) is 31.9. The summed E-state index contributed by atoms with van der Waals surface area (Å²) in [5.41, 5.74) is 8.68. The third kappa shape index (κ3) is 6.38. The number of nitrogens with one attached hydrogen (secondary N) is 1. The van der Waals surface area contributed by atoms with Gasteiger partial charge in [0.25, 0.3) is 0 Å². The van der Waals surface area contributed by atoms with Crippen LogP contribution in [0.25, 0.3) is 11.1 Å². The molecule has 0 bridgehead atoms. The number of aryl methyl sites for hydroxylation is 1. The van der Waals surface area contributed by atoms with Crippen molar-refractivity contribution < 1.29 is 14.3 Å². The van der Waals surface area contributed by atoms with Crippen LogP contribution in [0.3, 0.4) is 0 Å². The van der Waals surface area contributed by atoms with E-state index in [2.05, 4.69) is 20.0 Å². The number of halogens is 1. The van der Waals surface area contributed by atoms with Crippen molar-refractivity contribution in [3.8, 4) is 11.1 Å². The number of amides is 1. The number of nitrogens with zero attached hydrogens (tertiary/aromatic N) is 2. The van der Waals surface area contributed by atoms with Crippen molar-refractivity contribution in [2.45, 2.75) is 31.3 Å². The minimum absolute atomic E-state index is 0.156. The Morgan fingerprint density at radius 1 is 1.25 bits per heavy atom. The fraction of sp³-hybridized carbons (Fsp3) is 0.368. The first-order valence-corrected chi connectivity index (χ1v) is 10.2. The van der Waals surface area contributed by atoms with Gasteiger partial charge in [0, 0.05) is 23.6 Å². The van der Waals surface area contributed by atoms with Crippen LogP contribution in [0, 0.1) is 0 Å². The number of hydrogen-bond acceptors (Lipinski definition) is 7. The molecule has 0 radical (unpaired) electrons. The Morgan fingerprint density at radius 2 is 1.96 bits per heavy atom. The van der Waals surface area contributed by atoms with Crippen molar-refractivity contribution in [2.24, 2.45) is 0 Å². The van der Waals surface area contributed by atoms with E-state index in [1.165, 1.54) is 18.9 Å². The van der Waals surface area contributed by atoms with Crippen molar-refractivity contribution in [1.82, 2.24) is 15.3 Å². The number of thioether (sulfide) groups is 1. The summed E-state index contributed by atoms with van der Waals surface area (Å²) in [6, 6.07) is 7.35. The predicted octanol–water partition coefficient (Wildman–Crippen LogP) is 3.10. The molecule has 0 aliphatic rings. The van der Waals surface area contributed by atoms with Crippen LogP contribution in [-0.2, 0) is 20.7 Å². The third-order valence-electron chi connectivity index (χ3n) is 3.90. The Labute approximate surface area is 173 Å². The molecule has 1 heterocycles. The maximum Gasteiger partial charge on any atom is 0.305 e. The Hall–Kier alpha value is -2.32. The molecular formula is C19H23ClN4O3S. The van der Waals surface area contributed by atoms with E-state index in [0.29, 0.717) is 35.4 Å². The molecule has 0 atom stereocenters. The highest BCUT2D eigenvalue weighted by molar-refractivity contribution is 7.99. The minimum Gasteiger partial charge on any atom is -0.469 e. The minimum atomic E-state index is -0.291. The van der Waals surface area contributed by atoms with Gasteiger partial charge in [-0.1, -0.05) is 42.4 Å². The average molecular weight is 423 g/mol. The van der Waals surface area contributed by atoms with Crippen molar-refractivity contribution >= 4 is 41.1 Å². The number of esters is 1. The van der Waals surface area contributed by atoms with Gasteiger partial charge >= 0.3 is 5.97 Å². The maximum absolute atomic E-state index is 11.9. The summed E-state index contributed by atoms with van der Waals surface area (Å²) in [5.74, 6) is 0.0913. The van der Waals surface area contributed by atoms with E-state index in [1.807, 2.05) is 19.1 Å². The number of aromatic nitrogens is 2. The van der Waals surface area contributed by atoms with E-state index in [9.17, 15) is 9.59 Å². The summed E-state index contributed by atoms with van der Waals surface area (Å²) in [7, 11) is 1.34. The lowest BCUT2D eigenvalue weighted by molar-refractivity contribution is -0.140. The van der Waals surface area contributed by atoms with E-state index < -0.39 is 0 Å². The quantitative estimate of drug-likeness (QED) is 0.276. The average Bonchev–Trinajstić information content (AvgIpc) is 2.69. The zero-order valence-corrected chi connectivity index (χ0v) is 17.4. The Bertz CT molecular complexity index is 831. The van der Waals surface area contributed by atoms with E-state index in [-0.39, 0.29) is 24.1 Å². The van der Waals surface area contributed by atoms with Crippen LogP contribution in [0.15, 0.2) is 29.4 Å². The lowest BCUT2D eigenvalue weighted by atomic mass is 10.0. The Morgan fingerprint density at radius 3 is 2.61 bits per heavy atom. The molecule has 150 valence electrons. The molecule has 2 rings (SSSR count). The number of carbonyl (C=O) groups is 2. The number of nitrogens with two attached hydrogens (primary N) is 1. The van der Waals surface area contributed by atoms with Gasteiger partial charge < -0.3 is 15.8 Å². The van der Waals surface area contributed by atoms with Gasteiger partial charge in [-0.2, -0.15) is 0 Å². The van der Waals surface area contributed by atoms with Crippen LogP contribution >= 0.6 is 23.4 Å². The molecule has 1 aromatic heterocycles. The van der Waals surface area contributed by atoms with Gasteiger partial charge in [0.2, 0.25) is 5.91 Å². The predicted molar refractivity (Wildman–Crippen MR) is 111 cm³/mol. The zero-order chi connectivity index (χ0) is 20.5. The highest BCUT2D eigenvalue weighted by atomic mass is 35.5. The highest BCUT2D eigenvalue weighted by Crippen LogP contribution is 2.30. The number of methoxy groups -OCH3 is 1. The molecule has 0 aliphatic carbocycles. The second-order valence-corrected chi connectivity index (χ2v) is 7.27. The summed E-state index contributed by atoms with van der Waals surface area (Å²) in [6.07, 6.45) is 1.48. The second-order valence-electron chi connectivity index (χ2n) is 5.89. The number of carbonyl (C=O) groups excluding carboxylic acids is 2. The van der Waals surface area contributed by atoms with E-state index in [1.54, 1.807) is 12.1 Å². The summed E-state index contributed by atoms with van der Waals surface area (Å²) >= 11 is 7.17. The van der Waals surface area contributed by atoms with Crippen LogP contribution in [0.1, 0.15) is 25.5 Å². The number of anilines is 1. The van der Waals surface area contributed by atoms with Crippen LogP contribution in [0.2, 0.25) is 5.02 Å². The number of hydrogen-bond donors (Lipinski definition) is 2. The van der Waals surface area contributed by atoms with Crippen molar-refractivity contribution in [3.63, 3.8) is 0 Å². The number of nitrogen functional groups attached to an aromatic ring is 1. The lowest BCUT2D eigenvalue weighted by Gasteiger charge is -2.12. The first-order valence-electron chi connectivity index (χ1n) is 8.83. The second kappa shape index (κ2) is 10.9. The Balaban J connectivity index is 1.97. The fourth-order valence-electron chi connectivity index (χ4n) is 2.50. The van der Waals surface area contributed by atoms with Gasteiger partial charge in [-0.05, 0) is 30.5 Å². The molecule has 1 amide bonds. The normalized spacial score (nSPS) is 10.5. The van der Waals surface area contributed by atoms with Gasteiger partial charge in [0.05, 0.1) is 18.6 Å². The molecular weight excluding hydrogens is 400 g/mol. The zero-order valence-electron chi connectivity index (χ0n) is 15.8. The maximum atomic E-state index is 11.9. The molecule has 0 saturated carbocycles. The largest absolute Gasteiger partial charge is 0.469 e. The van der Waals surface area contributed by atoms with E-state index >= 15 is 0 Å². The molecule has 0 saturated heterocycles. The number of ether oxygens (including phenoxy) is 1. The standard InChI is InChI=1S/C19H23ClN4O3S/c1-3-14-17(12-6-8-13(20)9-7-12)18(21)24-19(23-14)28-11-15(25)22-10-4-5-16(26)27-2/h6-9H,3-5,10-11H2,1-2H3,(H,22,25)(H2,21,23,24). The monoisotopic (exact) mass is 422 g/mol. The molecule has 28 heavy (non-hydrogen) atoms. The lowest BCUT2D eigenvalue weighted by Crippen LogP contribution is -2.26. The van der Waals surface area contributed by atoms with Gasteiger partial charge in [-0.25, -0.2) is 9.97 Å². The fourth-order valence-corrected chi connectivity index (χ4v) is 3.32. The van der Waals surface area contributed by atoms with Crippen molar-refractivity contribution in [1.29, 1.82) is 0 Å². The van der Waals surface area contributed by atoms with Crippen LogP contribution in [0.5, 0.6) is 0 Å². The van der Waals surface area contributed by atoms with Gasteiger partial charge in [-0.15, -0.1) is 0 Å². The van der Waals surface area contributed by atoms with Gasteiger partial charge in [0.1, 0.15) is 5.82 Å². The van der Waals surface area contributed by atoms with Crippen molar-refractivity contribution in [2.75, 3.05) is 25.1 Å². The molecule has 9 heteroatoms. The van der Waals surface area contributed by atoms with Crippen LogP contribution in [-0.4, -0.2) is 41.3 Å². The number of benzene rings is 1. The topological polar surface area (TPSA) is 107 Å². The van der Waals surface area contributed by atoms with E-state index in [4.69, 9.17) is 17.3 Å². The number of rotatable bonds is 9. The van der Waals surface area contributed by atoms with Crippen LogP contribution < -0.4 is 11.1 Å². The molecule has 7 nitrogen and oxygen atoms in total. The molecule has 1 aromatic carbocycles.